The van der Waals surface area contributed by atoms with E-state index in [-0.39, 0.29) is 12.2 Å². The van der Waals surface area contributed by atoms with E-state index < -0.39 is 0 Å². The lowest BCUT2D eigenvalue weighted by atomic mass is 10.0. The van der Waals surface area contributed by atoms with E-state index in [0.717, 1.165) is 33.9 Å². The van der Waals surface area contributed by atoms with E-state index in [1.165, 1.54) is 0 Å². The molecule has 2 aliphatic rings. The zero-order chi connectivity index (χ0) is 20.8. The van der Waals surface area contributed by atoms with Crippen LogP contribution in [0.4, 0.5) is 0 Å². The van der Waals surface area contributed by atoms with Crippen LogP contribution in [0.3, 0.4) is 0 Å². The van der Waals surface area contributed by atoms with Crippen molar-refractivity contribution in [3.63, 3.8) is 0 Å². The van der Waals surface area contributed by atoms with Gasteiger partial charge in [0.15, 0.2) is 11.5 Å². The summed E-state index contributed by atoms with van der Waals surface area (Å²) in [6.07, 6.45) is 1.55. The first-order valence-electron chi connectivity index (χ1n) is 10.1. The van der Waals surface area contributed by atoms with Gasteiger partial charge in [0.05, 0.1) is 16.5 Å². The van der Waals surface area contributed by atoms with Gasteiger partial charge in [0, 0.05) is 13.1 Å². The average molecular weight is 413 g/mol. The monoisotopic (exact) mass is 413 g/mol. The Hall–Kier alpha value is -3.77. The second kappa shape index (κ2) is 7.18. The van der Waals surface area contributed by atoms with E-state index in [0.29, 0.717) is 36.4 Å². The second-order valence-electron chi connectivity index (χ2n) is 7.71. The van der Waals surface area contributed by atoms with Crippen molar-refractivity contribution in [1.82, 2.24) is 4.90 Å². The first-order valence-corrected chi connectivity index (χ1v) is 10.1. The molecule has 0 atom stereocenters. The van der Waals surface area contributed by atoms with Gasteiger partial charge in [-0.15, -0.1) is 0 Å². The number of fused-ring (bicyclic) bond motifs is 4. The molecular formula is C25H19NO5. The maximum absolute atomic E-state index is 13.2. The third-order valence-corrected chi connectivity index (χ3v) is 5.71. The highest BCUT2D eigenvalue weighted by molar-refractivity contribution is 5.85. The molecule has 0 bridgehead atoms. The Morgan fingerprint density at radius 3 is 2.61 bits per heavy atom. The molecule has 0 spiro atoms. The van der Waals surface area contributed by atoms with Crippen molar-refractivity contribution in [3.8, 4) is 28.4 Å². The molecule has 3 heterocycles. The summed E-state index contributed by atoms with van der Waals surface area (Å²) in [5.74, 6) is 2.29. The van der Waals surface area contributed by atoms with Gasteiger partial charge in [-0.3, -0.25) is 9.69 Å². The van der Waals surface area contributed by atoms with Crippen LogP contribution in [-0.2, 0) is 13.1 Å². The van der Waals surface area contributed by atoms with Crippen LogP contribution < -0.4 is 19.6 Å². The predicted octanol–water partition coefficient (Wildman–Crippen LogP) is 4.54. The van der Waals surface area contributed by atoms with Crippen molar-refractivity contribution >= 4 is 11.0 Å². The first kappa shape index (κ1) is 18.0. The molecular weight excluding hydrogens is 394 g/mol. The molecule has 0 aliphatic carbocycles. The van der Waals surface area contributed by atoms with Gasteiger partial charge in [-0.25, -0.2) is 0 Å². The van der Waals surface area contributed by atoms with E-state index in [1.54, 1.807) is 12.3 Å². The minimum atomic E-state index is -0.0388. The molecule has 0 unspecified atom stereocenters. The Balaban J connectivity index is 1.34. The van der Waals surface area contributed by atoms with Gasteiger partial charge in [-0.2, -0.15) is 0 Å². The van der Waals surface area contributed by atoms with Crippen LogP contribution in [0.25, 0.3) is 22.1 Å². The van der Waals surface area contributed by atoms with Gasteiger partial charge >= 0.3 is 0 Å². The van der Waals surface area contributed by atoms with Crippen LogP contribution in [0.5, 0.6) is 17.2 Å². The molecule has 0 fully saturated rings. The number of rotatable bonds is 3. The summed E-state index contributed by atoms with van der Waals surface area (Å²) >= 11 is 0. The molecule has 31 heavy (non-hydrogen) atoms. The highest BCUT2D eigenvalue weighted by atomic mass is 16.7. The largest absolute Gasteiger partial charge is 0.478 e. The zero-order valence-corrected chi connectivity index (χ0v) is 16.7. The zero-order valence-electron chi connectivity index (χ0n) is 16.7. The first-order chi connectivity index (χ1) is 15.3. The molecule has 0 saturated heterocycles. The van der Waals surface area contributed by atoms with E-state index in [9.17, 15) is 4.79 Å². The predicted molar refractivity (Wildman–Crippen MR) is 115 cm³/mol. The lowest BCUT2D eigenvalue weighted by Gasteiger charge is -2.29. The van der Waals surface area contributed by atoms with Crippen molar-refractivity contribution in [2.45, 2.75) is 13.1 Å². The summed E-state index contributed by atoms with van der Waals surface area (Å²) in [6, 6.07) is 19.2. The maximum Gasteiger partial charge on any atom is 0.231 e. The van der Waals surface area contributed by atoms with Gasteiger partial charge in [0.1, 0.15) is 24.3 Å². The average Bonchev–Trinajstić information content (AvgIpc) is 3.28. The van der Waals surface area contributed by atoms with Crippen LogP contribution >= 0.6 is 0 Å². The molecule has 154 valence electrons. The summed E-state index contributed by atoms with van der Waals surface area (Å²) < 4.78 is 22.8. The highest BCUT2D eigenvalue weighted by Gasteiger charge is 2.23. The fourth-order valence-corrected chi connectivity index (χ4v) is 4.17. The molecule has 6 heteroatoms. The molecule has 3 aromatic carbocycles. The van der Waals surface area contributed by atoms with E-state index in [4.69, 9.17) is 18.6 Å². The normalized spacial score (nSPS) is 15.0. The molecule has 0 amide bonds. The summed E-state index contributed by atoms with van der Waals surface area (Å²) in [6.45, 7) is 2.02. The van der Waals surface area contributed by atoms with Gasteiger partial charge in [0.2, 0.25) is 12.2 Å². The Kier molecular flexibility index (Phi) is 4.18. The number of nitrogens with zero attached hydrogens (tertiary/aromatic N) is 1. The Morgan fingerprint density at radius 2 is 1.71 bits per heavy atom. The molecule has 6 nitrogen and oxygen atoms in total. The Bertz CT molecular complexity index is 1350. The van der Waals surface area contributed by atoms with Gasteiger partial charge in [-0.05, 0) is 35.4 Å². The summed E-state index contributed by atoms with van der Waals surface area (Å²) in [5.41, 5.74) is 3.94. The highest BCUT2D eigenvalue weighted by Crippen LogP contribution is 2.35. The van der Waals surface area contributed by atoms with Gasteiger partial charge in [-0.1, -0.05) is 36.4 Å². The fourth-order valence-electron chi connectivity index (χ4n) is 4.17. The van der Waals surface area contributed by atoms with Crippen LogP contribution in [0.2, 0.25) is 0 Å². The van der Waals surface area contributed by atoms with Crippen molar-refractivity contribution < 1.29 is 18.6 Å². The molecule has 2 aliphatic heterocycles. The smallest absolute Gasteiger partial charge is 0.231 e. The van der Waals surface area contributed by atoms with Crippen molar-refractivity contribution in [2.24, 2.45) is 0 Å². The molecule has 1 aromatic heterocycles. The summed E-state index contributed by atoms with van der Waals surface area (Å²) in [4.78, 5) is 15.3. The third-order valence-electron chi connectivity index (χ3n) is 5.71. The number of hydrogen-bond acceptors (Lipinski definition) is 6. The van der Waals surface area contributed by atoms with Crippen LogP contribution in [0.1, 0.15) is 11.1 Å². The summed E-state index contributed by atoms with van der Waals surface area (Å²) in [5, 5.41) is 0.564. The summed E-state index contributed by atoms with van der Waals surface area (Å²) in [7, 11) is 0. The van der Waals surface area contributed by atoms with Crippen molar-refractivity contribution in [1.29, 1.82) is 0 Å². The van der Waals surface area contributed by atoms with Crippen LogP contribution in [0.15, 0.2) is 76.1 Å². The van der Waals surface area contributed by atoms with Gasteiger partial charge < -0.3 is 18.6 Å². The molecule has 0 N–H and O–H groups in total. The molecule has 6 rings (SSSR count). The Morgan fingerprint density at radius 1 is 0.871 bits per heavy atom. The lowest BCUT2D eigenvalue weighted by molar-refractivity contribution is 0.0889. The van der Waals surface area contributed by atoms with E-state index >= 15 is 0 Å². The van der Waals surface area contributed by atoms with Crippen molar-refractivity contribution in [2.75, 3.05) is 13.5 Å². The quantitative estimate of drug-likeness (QED) is 0.491. The standard InChI is InChI=1S/C25H19NO5/c27-24-18-7-9-21-19(25(18)28-13-20(24)17-4-2-1-3-5-17)12-26(14-29-21)11-16-6-8-22-23(10-16)31-15-30-22/h1-10,13H,11-12,14-15H2. The SMILES string of the molecule is O=c1c(-c2ccccc2)coc2c3c(ccc12)OCN(Cc1ccc2c(c1)OCO2)C3. The maximum atomic E-state index is 13.2. The van der Waals surface area contributed by atoms with Gasteiger partial charge in [0.25, 0.3) is 0 Å². The number of ether oxygens (including phenoxy) is 3. The Labute approximate surface area is 178 Å². The van der Waals surface area contributed by atoms with E-state index in [1.807, 2.05) is 54.6 Å². The van der Waals surface area contributed by atoms with E-state index in [2.05, 4.69) is 4.90 Å². The molecule has 0 radical (unpaired) electrons. The second-order valence-corrected chi connectivity index (χ2v) is 7.71. The van der Waals surface area contributed by atoms with Crippen LogP contribution in [0, 0.1) is 0 Å². The molecule has 4 aromatic rings. The minimum absolute atomic E-state index is 0.0388. The third kappa shape index (κ3) is 3.12. The number of hydrogen-bond donors (Lipinski definition) is 0. The van der Waals surface area contributed by atoms with Crippen LogP contribution in [-0.4, -0.2) is 18.4 Å². The minimum Gasteiger partial charge on any atom is -0.478 e. The van der Waals surface area contributed by atoms with Crippen molar-refractivity contribution in [3.05, 3.63) is 88.3 Å². The fraction of sp³-hybridized carbons (Fsp3) is 0.160. The lowest BCUT2D eigenvalue weighted by Crippen LogP contribution is -2.31. The topological polar surface area (TPSA) is 61.1 Å². The number of benzene rings is 3. The molecule has 0 saturated carbocycles.